The summed E-state index contributed by atoms with van der Waals surface area (Å²) in [7, 11) is 1.95. The molecule has 1 N–H and O–H groups in total. The second-order valence-corrected chi connectivity index (χ2v) is 5.71. The molecule has 0 atom stereocenters. The lowest BCUT2D eigenvalue weighted by Crippen LogP contribution is -2.47. The maximum atomic E-state index is 10.4. The first-order chi connectivity index (χ1) is 7.39. The lowest BCUT2D eigenvalue weighted by molar-refractivity contribution is -0.0870. The molecular weight excluding hydrogens is 200 g/mol. The van der Waals surface area contributed by atoms with Gasteiger partial charge in [0, 0.05) is 19.2 Å². The Morgan fingerprint density at radius 3 is 2.62 bits per heavy atom. The molecule has 0 aromatic carbocycles. The summed E-state index contributed by atoms with van der Waals surface area (Å²) in [5.41, 5.74) is 1.69. The molecule has 1 aromatic heterocycles. The van der Waals surface area contributed by atoms with Gasteiger partial charge >= 0.3 is 0 Å². The highest BCUT2D eigenvalue weighted by Crippen LogP contribution is 2.43. The van der Waals surface area contributed by atoms with E-state index in [1.165, 1.54) is 0 Å². The standard InChI is InChI=1S/C13H22N2O/c1-9(2)11-6-13(16,7-11)8-12-5-10(3)14-15(12)4/h5,9,11,16H,6-8H2,1-4H3. The van der Waals surface area contributed by atoms with E-state index in [1.807, 2.05) is 18.7 Å². The van der Waals surface area contributed by atoms with E-state index in [0.717, 1.165) is 30.7 Å². The Morgan fingerprint density at radius 2 is 2.19 bits per heavy atom. The fourth-order valence-electron chi connectivity index (χ4n) is 2.70. The molecule has 1 aromatic rings. The van der Waals surface area contributed by atoms with Gasteiger partial charge in [0.15, 0.2) is 0 Å². The van der Waals surface area contributed by atoms with Crippen molar-refractivity contribution in [1.82, 2.24) is 9.78 Å². The van der Waals surface area contributed by atoms with Crippen molar-refractivity contribution in [2.24, 2.45) is 18.9 Å². The van der Waals surface area contributed by atoms with Crippen LogP contribution >= 0.6 is 0 Å². The Hall–Kier alpha value is -0.830. The third-order valence-corrected chi connectivity index (χ3v) is 3.84. The Bertz CT molecular complexity index is 375. The summed E-state index contributed by atoms with van der Waals surface area (Å²) < 4.78 is 1.88. The SMILES string of the molecule is Cc1cc(CC2(O)CC(C(C)C)C2)n(C)n1. The molecule has 1 aliphatic carbocycles. The van der Waals surface area contributed by atoms with E-state index >= 15 is 0 Å². The minimum atomic E-state index is -0.477. The van der Waals surface area contributed by atoms with Crippen LogP contribution < -0.4 is 0 Å². The predicted molar refractivity (Wildman–Crippen MR) is 64.2 cm³/mol. The number of aryl methyl sites for hydroxylation is 2. The first kappa shape index (κ1) is 11.6. The van der Waals surface area contributed by atoms with Crippen molar-refractivity contribution in [2.75, 3.05) is 0 Å². The molecule has 3 heteroatoms. The number of aromatic nitrogens is 2. The van der Waals surface area contributed by atoms with E-state index in [4.69, 9.17) is 0 Å². The number of rotatable bonds is 3. The largest absolute Gasteiger partial charge is 0.389 e. The molecule has 0 spiro atoms. The molecule has 1 saturated carbocycles. The highest BCUT2D eigenvalue weighted by Gasteiger charge is 2.44. The average Bonchev–Trinajstić information content (AvgIpc) is 2.40. The topological polar surface area (TPSA) is 38.0 Å². The molecule has 2 rings (SSSR count). The summed E-state index contributed by atoms with van der Waals surface area (Å²) >= 11 is 0. The lowest BCUT2D eigenvalue weighted by Gasteiger charge is -2.45. The van der Waals surface area contributed by atoms with Gasteiger partial charge < -0.3 is 5.11 Å². The van der Waals surface area contributed by atoms with Gasteiger partial charge in [0.05, 0.1) is 11.3 Å². The van der Waals surface area contributed by atoms with E-state index in [-0.39, 0.29) is 0 Å². The molecule has 0 radical (unpaired) electrons. The van der Waals surface area contributed by atoms with Gasteiger partial charge in [0.1, 0.15) is 0 Å². The van der Waals surface area contributed by atoms with Gasteiger partial charge in [-0.15, -0.1) is 0 Å². The third-order valence-electron chi connectivity index (χ3n) is 3.84. The van der Waals surface area contributed by atoms with Crippen molar-refractivity contribution in [3.63, 3.8) is 0 Å². The zero-order valence-electron chi connectivity index (χ0n) is 10.7. The lowest BCUT2D eigenvalue weighted by atomic mass is 9.64. The van der Waals surface area contributed by atoms with Crippen LogP contribution in [0.15, 0.2) is 6.07 Å². The maximum absolute atomic E-state index is 10.4. The molecule has 3 nitrogen and oxygen atoms in total. The summed E-state index contributed by atoms with van der Waals surface area (Å²) in [6, 6.07) is 2.07. The summed E-state index contributed by atoms with van der Waals surface area (Å²) in [6.07, 6.45) is 2.62. The second-order valence-electron chi connectivity index (χ2n) is 5.71. The van der Waals surface area contributed by atoms with Gasteiger partial charge in [-0.2, -0.15) is 5.10 Å². The smallest absolute Gasteiger partial charge is 0.0708 e. The Morgan fingerprint density at radius 1 is 1.56 bits per heavy atom. The zero-order chi connectivity index (χ0) is 11.9. The Labute approximate surface area is 97.5 Å². The average molecular weight is 222 g/mol. The van der Waals surface area contributed by atoms with E-state index in [2.05, 4.69) is 25.0 Å². The molecule has 1 fully saturated rings. The van der Waals surface area contributed by atoms with Crippen LogP contribution in [0, 0.1) is 18.8 Å². The minimum absolute atomic E-state index is 0.477. The van der Waals surface area contributed by atoms with Crippen molar-refractivity contribution in [3.8, 4) is 0 Å². The van der Waals surface area contributed by atoms with Crippen LogP contribution in [0.2, 0.25) is 0 Å². The monoisotopic (exact) mass is 222 g/mol. The fraction of sp³-hybridized carbons (Fsp3) is 0.769. The first-order valence-corrected chi connectivity index (χ1v) is 6.11. The number of hydrogen-bond acceptors (Lipinski definition) is 2. The van der Waals surface area contributed by atoms with Crippen LogP contribution in [0.4, 0.5) is 0 Å². The van der Waals surface area contributed by atoms with Crippen LogP contribution in [0.3, 0.4) is 0 Å². The fourth-order valence-corrected chi connectivity index (χ4v) is 2.70. The van der Waals surface area contributed by atoms with Crippen LogP contribution in [0.5, 0.6) is 0 Å². The molecule has 0 amide bonds. The van der Waals surface area contributed by atoms with Gasteiger partial charge in [-0.1, -0.05) is 13.8 Å². The minimum Gasteiger partial charge on any atom is -0.389 e. The van der Waals surface area contributed by atoms with Gasteiger partial charge in [0.25, 0.3) is 0 Å². The van der Waals surface area contributed by atoms with Crippen molar-refractivity contribution >= 4 is 0 Å². The number of hydrogen-bond donors (Lipinski definition) is 1. The maximum Gasteiger partial charge on any atom is 0.0708 e. The van der Waals surface area contributed by atoms with Crippen molar-refractivity contribution in [1.29, 1.82) is 0 Å². The van der Waals surface area contributed by atoms with E-state index in [9.17, 15) is 5.11 Å². The molecule has 0 unspecified atom stereocenters. The highest BCUT2D eigenvalue weighted by atomic mass is 16.3. The third kappa shape index (κ3) is 2.14. The first-order valence-electron chi connectivity index (χ1n) is 6.11. The number of aliphatic hydroxyl groups is 1. The van der Waals surface area contributed by atoms with Gasteiger partial charge in [0.2, 0.25) is 0 Å². The zero-order valence-corrected chi connectivity index (χ0v) is 10.7. The van der Waals surface area contributed by atoms with Crippen molar-refractivity contribution in [2.45, 2.75) is 45.6 Å². The van der Waals surface area contributed by atoms with Crippen molar-refractivity contribution < 1.29 is 5.11 Å². The molecule has 16 heavy (non-hydrogen) atoms. The quantitative estimate of drug-likeness (QED) is 0.850. The normalized spacial score (nSPS) is 29.5. The summed E-state index contributed by atoms with van der Waals surface area (Å²) in [6.45, 7) is 6.46. The van der Waals surface area contributed by atoms with Crippen molar-refractivity contribution in [3.05, 3.63) is 17.5 Å². The molecule has 0 saturated heterocycles. The van der Waals surface area contributed by atoms with E-state index in [0.29, 0.717) is 11.8 Å². The van der Waals surface area contributed by atoms with Gasteiger partial charge in [-0.25, -0.2) is 0 Å². The Kier molecular flexibility index (Phi) is 2.82. The van der Waals surface area contributed by atoms with Gasteiger partial charge in [-0.05, 0) is 37.7 Å². The molecule has 1 heterocycles. The van der Waals surface area contributed by atoms with Crippen LogP contribution in [0.1, 0.15) is 38.1 Å². The highest BCUT2D eigenvalue weighted by molar-refractivity contribution is 5.13. The summed E-state index contributed by atoms with van der Waals surface area (Å²) in [5.74, 6) is 1.38. The second kappa shape index (κ2) is 3.88. The van der Waals surface area contributed by atoms with Crippen LogP contribution in [-0.2, 0) is 13.5 Å². The van der Waals surface area contributed by atoms with E-state index < -0.39 is 5.60 Å². The Balaban J connectivity index is 1.99. The summed E-state index contributed by atoms with van der Waals surface area (Å²) in [4.78, 5) is 0. The van der Waals surface area contributed by atoms with Gasteiger partial charge in [-0.3, -0.25) is 4.68 Å². The molecule has 90 valence electrons. The molecule has 0 aliphatic heterocycles. The molecule has 1 aliphatic rings. The van der Waals surface area contributed by atoms with E-state index in [1.54, 1.807) is 0 Å². The van der Waals surface area contributed by atoms with Crippen LogP contribution in [0.25, 0.3) is 0 Å². The molecule has 0 bridgehead atoms. The molecular formula is C13H22N2O. The van der Waals surface area contributed by atoms with Crippen LogP contribution in [-0.4, -0.2) is 20.5 Å². The predicted octanol–water partition coefficient (Wildman–Crippen LogP) is 2.07. The summed E-state index contributed by atoms with van der Waals surface area (Å²) in [5, 5.41) is 14.7. The number of nitrogens with zero attached hydrogens (tertiary/aromatic N) is 2.